The molecule has 0 atom stereocenters. The van der Waals surface area contributed by atoms with Gasteiger partial charge < -0.3 is 5.32 Å². The van der Waals surface area contributed by atoms with Crippen molar-refractivity contribution in [2.75, 3.05) is 5.32 Å². The molecule has 0 aliphatic heterocycles. The number of hydrogen-bond donors (Lipinski definition) is 1. The first-order valence-corrected chi connectivity index (χ1v) is 9.24. The standard InChI is InChI=1S/C18H17N5O2S/c1-2-4-16-21-22(11-17(24)20-12-5-3-7-19-10-12)18(25)14-9-15-13(23(14)16)6-8-26-15/h3,5-10H,2,4,11H2,1H3,(H,20,24). The lowest BCUT2D eigenvalue weighted by Gasteiger charge is -2.10. The van der Waals surface area contributed by atoms with E-state index < -0.39 is 0 Å². The number of anilines is 1. The van der Waals surface area contributed by atoms with Gasteiger partial charge in [0.05, 0.1) is 22.1 Å². The second-order valence-corrected chi connectivity index (χ2v) is 6.90. The summed E-state index contributed by atoms with van der Waals surface area (Å²) in [7, 11) is 0. The third kappa shape index (κ3) is 2.88. The number of nitrogens with one attached hydrogen (secondary N) is 1. The zero-order valence-electron chi connectivity index (χ0n) is 14.2. The number of aromatic nitrogens is 4. The molecule has 4 aromatic heterocycles. The van der Waals surface area contributed by atoms with E-state index in [0.717, 1.165) is 28.9 Å². The zero-order valence-corrected chi connectivity index (χ0v) is 15.0. The molecule has 0 saturated heterocycles. The molecular weight excluding hydrogens is 350 g/mol. The van der Waals surface area contributed by atoms with Crippen LogP contribution in [0.25, 0.3) is 15.7 Å². The average molecular weight is 367 g/mol. The van der Waals surface area contributed by atoms with Crippen molar-refractivity contribution >= 4 is 38.7 Å². The van der Waals surface area contributed by atoms with Gasteiger partial charge in [-0.25, -0.2) is 4.68 Å². The van der Waals surface area contributed by atoms with Gasteiger partial charge in [-0.2, -0.15) is 5.10 Å². The van der Waals surface area contributed by atoms with Crippen molar-refractivity contribution in [3.8, 4) is 0 Å². The van der Waals surface area contributed by atoms with Gasteiger partial charge in [0, 0.05) is 12.6 Å². The minimum atomic E-state index is -0.312. The molecule has 0 unspecified atom stereocenters. The Balaban J connectivity index is 1.74. The Morgan fingerprint density at radius 3 is 2.96 bits per heavy atom. The third-order valence-electron chi connectivity index (χ3n) is 4.08. The number of carbonyl (C=O) groups is 1. The maximum atomic E-state index is 12.8. The van der Waals surface area contributed by atoms with Crippen LogP contribution in [0.4, 0.5) is 5.69 Å². The van der Waals surface area contributed by atoms with Gasteiger partial charge in [0.15, 0.2) is 0 Å². The van der Waals surface area contributed by atoms with E-state index in [-0.39, 0.29) is 18.0 Å². The van der Waals surface area contributed by atoms with E-state index in [2.05, 4.69) is 22.3 Å². The number of hydrogen-bond acceptors (Lipinski definition) is 5. The van der Waals surface area contributed by atoms with Crippen LogP contribution in [-0.2, 0) is 17.8 Å². The minimum absolute atomic E-state index is 0.139. The number of fused-ring (bicyclic) bond motifs is 3. The summed E-state index contributed by atoms with van der Waals surface area (Å²) < 4.78 is 4.20. The van der Waals surface area contributed by atoms with E-state index in [1.54, 1.807) is 35.9 Å². The molecule has 26 heavy (non-hydrogen) atoms. The molecule has 132 valence electrons. The summed E-state index contributed by atoms with van der Waals surface area (Å²) in [6, 6.07) is 7.35. The van der Waals surface area contributed by atoms with Crippen LogP contribution >= 0.6 is 11.3 Å². The molecule has 1 N–H and O–H groups in total. The molecular formula is C18H17N5O2S. The SMILES string of the molecule is CCCc1nn(CC(=O)Nc2cccnc2)c(=O)c2cc3sccc3n12. The van der Waals surface area contributed by atoms with Crippen molar-refractivity contribution in [1.29, 1.82) is 0 Å². The molecule has 7 nitrogen and oxygen atoms in total. The van der Waals surface area contributed by atoms with Gasteiger partial charge in [-0.1, -0.05) is 6.92 Å². The summed E-state index contributed by atoms with van der Waals surface area (Å²) in [5, 5.41) is 9.20. The Hall–Kier alpha value is -3.00. The second-order valence-electron chi connectivity index (χ2n) is 5.95. The number of rotatable bonds is 5. The van der Waals surface area contributed by atoms with E-state index in [1.165, 1.54) is 4.68 Å². The first-order chi connectivity index (χ1) is 12.7. The first kappa shape index (κ1) is 16.5. The molecule has 0 aromatic carbocycles. The molecule has 4 aromatic rings. The van der Waals surface area contributed by atoms with E-state index in [9.17, 15) is 9.59 Å². The van der Waals surface area contributed by atoms with Crippen molar-refractivity contribution in [3.63, 3.8) is 0 Å². The van der Waals surface area contributed by atoms with Gasteiger partial charge in [-0.05, 0) is 36.1 Å². The van der Waals surface area contributed by atoms with Crippen molar-refractivity contribution < 1.29 is 4.79 Å². The van der Waals surface area contributed by atoms with E-state index in [4.69, 9.17) is 0 Å². The normalized spacial score (nSPS) is 11.3. The number of pyridine rings is 1. The van der Waals surface area contributed by atoms with Crippen LogP contribution in [-0.4, -0.2) is 25.1 Å². The van der Waals surface area contributed by atoms with E-state index >= 15 is 0 Å². The fraction of sp³-hybridized carbons (Fsp3) is 0.222. The topological polar surface area (TPSA) is 81.3 Å². The molecule has 0 saturated carbocycles. The summed E-state index contributed by atoms with van der Waals surface area (Å²) in [4.78, 5) is 29.1. The Kier molecular flexibility index (Phi) is 4.26. The summed E-state index contributed by atoms with van der Waals surface area (Å²) in [5.74, 6) is 0.470. The molecule has 4 rings (SSSR count). The van der Waals surface area contributed by atoms with Crippen LogP contribution in [0.5, 0.6) is 0 Å². The maximum absolute atomic E-state index is 12.8. The van der Waals surface area contributed by atoms with Gasteiger partial charge >= 0.3 is 0 Å². The summed E-state index contributed by atoms with van der Waals surface area (Å²) in [6.45, 7) is 1.92. The number of aryl methyl sites for hydroxylation is 1. The molecule has 1 amide bonds. The Labute approximate surface area is 152 Å². The van der Waals surface area contributed by atoms with Crippen molar-refractivity contribution in [2.45, 2.75) is 26.3 Å². The number of nitrogens with zero attached hydrogens (tertiary/aromatic N) is 4. The predicted molar refractivity (Wildman–Crippen MR) is 102 cm³/mol. The lowest BCUT2D eigenvalue weighted by molar-refractivity contribution is -0.117. The van der Waals surface area contributed by atoms with Gasteiger partial charge in [0.25, 0.3) is 5.56 Å². The molecule has 0 fully saturated rings. The highest BCUT2D eigenvalue weighted by atomic mass is 32.1. The zero-order chi connectivity index (χ0) is 18.1. The molecule has 0 radical (unpaired) electrons. The second kappa shape index (κ2) is 6.72. The Morgan fingerprint density at radius 2 is 2.19 bits per heavy atom. The summed E-state index contributed by atoms with van der Waals surface area (Å²) in [5.41, 5.74) is 1.86. The quantitative estimate of drug-likeness (QED) is 0.588. The lowest BCUT2D eigenvalue weighted by Crippen LogP contribution is -2.32. The smallest absolute Gasteiger partial charge is 0.291 e. The minimum Gasteiger partial charge on any atom is -0.323 e. The van der Waals surface area contributed by atoms with Crippen LogP contribution in [0.1, 0.15) is 19.2 Å². The number of amides is 1. The number of thiophene rings is 1. The van der Waals surface area contributed by atoms with E-state index in [0.29, 0.717) is 11.2 Å². The maximum Gasteiger partial charge on any atom is 0.291 e. The fourth-order valence-corrected chi connectivity index (χ4v) is 3.79. The van der Waals surface area contributed by atoms with E-state index in [1.807, 2.05) is 21.9 Å². The van der Waals surface area contributed by atoms with Gasteiger partial charge in [-0.15, -0.1) is 11.3 Å². The molecule has 0 aliphatic rings. The highest BCUT2D eigenvalue weighted by molar-refractivity contribution is 7.17. The highest BCUT2D eigenvalue weighted by Crippen LogP contribution is 2.24. The summed E-state index contributed by atoms with van der Waals surface area (Å²) in [6.07, 6.45) is 4.80. The molecule has 8 heteroatoms. The fourth-order valence-electron chi connectivity index (χ4n) is 2.99. The van der Waals surface area contributed by atoms with Crippen LogP contribution in [0.15, 0.2) is 46.8 Å². The largest absolute Gasteiger partial charge is 0.323 e. The average Bonchev–Trinajstić information content (AvgIpc) is 3.21. The highest BCUT2D eigenvalue weighted by Gasteiger charge is 2.16. The van der Waals surface area contributed by atoms with Crippen molar-refractivity contribution in [2.24, 2.45) is 0 Å². The van der Waals surface area contributed by atoms with Crippen molar-refractivity contribution in [1.82, 2.24) is 19.2 Å². The molecule has 0 aliphatic carbocycles. The Bertz CT molecular complexity index is 1140. The molecule has 0 spiro atoms. The monoisotopic (exact) mass is 367 g/mol. The van der Waals surface area contributed by atoms with Crippen LogP contribution in [0.2, 0.25) is 0 Å². The number of carbonyl (C=O) groups excluding carboxylic acids is 1. The van der Waals surface area contributed by atoms with Gasteiger partial charge in [0.2, 0.25) is 5.91 Å². The van der Waals surface area contributed by atoms with Crippen LogP contribution in [0, 0.1) is 0 Å². The predicted octanol–water partition coefficient (Wildman–Crippen LogP) is 2.70. The van der Waals surface area contributed by atoms with Gasteiger partial charge in [-0.3, -0.25) is 19.0 Å². The summed E-state index contributed by atoms with van der Waals surface area (Å²) >= 11 is 1.59. The molecule has 4 heterocycles. The van der Waals surface area contributed by atoms with Crippen molar-refractivity contribution in [3.05, 3.63) is 58.2 Å². The lowest BCUT2D eigenvalue weighted by atomic mass is 10.3. The first-order valence-electron chi connectivity index (χ1n) is 8.36. The van der Waals surface area contributed by atoms with Crippen LogP contribution < -0.4 is 10.9 Å². The molecule has 0 bridgehead atoms. The van der Waals surface area contributed by atoms with Crippen LogP contribution in [0.3, 0.4) is 0 Å². The Morgan fingerprint density at radius 1 is 1.31 bits per heavy atom. The third-order valence-corrected chi connectivity index (χ3v) is 4.94. The van der Waals surface area contributed by atoms with Gasteiger partial charge in [0.1, 0.15) is 17.9 Å².